The maximum Gasteiger partial charge on any atom is 0.312 e. The highest BCUT2D eigenvalue weighted by molar-refractivity contribution is 5.98. The summed E-state index contributed by atoms with van der Waals surface area (Å²) in [5.41, 5.74) is -1.05. The number of morpholine rings is 1. The van der Waals surface area contributed by atoms with Crippen LogP contribution in [0.3, 0.4) is 0 Å². The molecule has 4 rings (SSSR count). The number of nitrogens with one attached hydrogen (secondary N) is 1. The molecule has 10 nitrogen and oxygen atoms in total. The standard InChI is InChI=1S/C22H35N3O7/c1-3-14(13-26)25-18(19(27)23-7-8-24-9-11-30-12-10-24)22-6-5-15(32-22)16(17(22)20(25)28)21(29)31-4-2/h14-18,26H,3-13H2,1-2H3,(H,23,27)/t14-,15+,16-,17-,18?,22?/m0/s1. The van der Waals surface area contributed by atoms with E-state index in [9.17, 15) is 19.5 Å². The van der Waals surface area contributed by atoms with E-state index < -0.39 is 41.6 Å². The van der Waals surface area contributed by atoms with E-state index >= 15 is 0 Å². The van der Waals surface area contributed by atoms with E-state index in [0.717, 1.165) is 13.1 Å². The maximum atomic E-state index is 13.6. The Morgan fingerprint density at radius 2 is 2.06 bits per heavy atom. The highest BCUT2D eigenvalue weighted by atomic mass is 16.6. The summed E-state index contributed by atoms with van der Waals surface area (Å²) in [6, 6.07) is -1.38. The Hall–Kier alpha value is -1.75. The number of fused-ring (bicyclic) bond motifs is 1. The highest BCUT2D eigenvalue weighted by Crippen LogP contribution is 2.59. The van der Waals surface area contributed by atoms with Crippen LogP contribution >= 0.6 is 0 Å². The molecule has 32 heavy (non-hydrogen) atoms. The summed E-state index contributed by atoms with van der Waals surface area (Å²) in [7, 11) is 0. The number of amides is 2. The summed E-state index contributed by atoms with van der Waals surface area (Å²) in [4.78, 5) is 43.5. The maximum absolute atomic E-state index is 13.6. The molecule has 0 aromatic carbocycles. The smallest absolute Gasteiger partial charge is 0.312 e. The topological polar surface area (TPSA) is 118 Å². The van der Waals surface area contributed by atoms with Gasteiger partial charge in [-0.05, 0) is 26.2 Å². The van der Waals surface area contributed by atoms with Crippen LogP contribution in [-0.2, 0) is 28.6 Å². The molecule has 6 atom stereocenters. The van der Waals surface area contributed by atoms with Crippen molar-refractivity contribution in [3.8, 4) is 0 Å². The molecule has 4 fully saturated rings. The van der Waals surface area contributed by atoms with E-state index in [0.29, 0.717) is 45.6 Å². The molecule has 4 aliphatic heterocycles. The van der Waals surface area contributed by atoms with E-state index in [2.05, 4.69) is 10.2 Å². The van der Waals surface area contributed by atoms with Crippen LogP contribution in [0.25, 0.3) is 0 Å². The summed E-state index contributed by atoms with van der Waals surface area (Å²) in [6.07, 6.45) is 1.22. The number of aliphatic hydroxyl groups is 1. The molecule has 2 amide bonds. The van der Waals surface area contributed by atoms with Gasteiger partial charge in [-0.1, -0.05) is 6.92 Å². The number of hydrogen-bond acceptors (Lipinski definition) is 8. The second-order valence-corrected chi connectivity index (χ2v) is 9.04. The zero-order chi connectivity index (χ0) is 22.9. The molecule has 180 valence electrons. The fourth-order valence-electron chi connectivity index (χ4n) is 5.96. The van der Waals surface area contributed by atoms with Crippen LogP contribution in [0.15, 0.2) is 0 Å². The van der Waals surface area contributed by atoms with Crippen LogP contribution in [0, 0.1) is 11.8 Å². The van der Waals surface area contributed by atoms with E-state index in [1.54, 1.807) is 6.92 Å². The van der Waals surface area contributed by atoms with Gasteiger partial charge in [0.15, 0.2) is 0 Å². The fraction of sp³-hybridized carbons (Fsp3) is 0.864. The average molecular weight is 454 g/mol. The zero-order valence-electron chi connectivity index (χ0n) is 19.0. The van der Waals surface area contributed by atoms with Gasteiger partial charge in [-0.25, -0.2) is 0 Å². The number of aliphatic hydroxyl groups excluding tert-OH is 1. The first-order valence-electron chi connectivity index (χ1n) is 11.8. The third-order valence-electron chi connectivity index (χ3n) is 7.45. The van der Waals surface area contributed by atoms with Gasteiger partial charge in [0.1, 0.15) is 11.6 Å². The van der Waals surface area contributed by atoms with Crippen molar-refractivity contribution in [2.24, 2.45) is 11.8 Å². The van der Waals surface area contributed by atoms with Crippen molar-refractivity contribution in [1.29, 1.82) is 0 Å². The lowest BCUT2D eigenvalue weighted by Gasteiger charge is -2.36. The van der Waals surface area contributed by atoms with E-state index in [1.807, 2.05) is 6.92 Å². The van der Waals surface area contributed by atoms with Crippen LogP contribution in [0.4, 0.5) is 0 Å². The van der Waals surface area contributed by atoms with E-state index in [4.69, 9.17) is 14.2 Å². The molecule has 4 saturated heterocycles. The molecule has 0 saturated carbocycles. The predicted octanol–water partition coefficient (Wildman–Crippen LogP) is -0.857. The number of nitrogens with zero attached hydrogens (tertiary/aromatic N) is 2. The van der Waals surface area contributed by atoms with Crippen molar-refractivity contribution in [2.75, 3.05) is 52.6 Å². The summed E-state index contributed by atoms with van der Waals surface area (Å²) < 4.78 is 16.9. The van der Waals surface area contributed by atoms with Crippen LogP contribution in [-0.4, -0.2) is 109 Å². The van der Waals surface area contributed by atoms with Crippen molar-refractivity contribution in [2.45, 2.75) is 56.9 Å². The molecule has 2 bridgehead atoms. The third kappa shape index (κ3) is 3.81. The molecule has 2 unspecified atom stereocenters. The molecule has 10 heteroatoms. The summed E-state index contributed by atoms with van der Waals surface area (Å²) in [5, 5.41) is 13.0. The van der Waals surface area contributed by atoms with Gasteiger partial charge in [0.05, 0.1) is 50.4 Å². The van der Waals surface area contributed by atoms with Gasteiger partial charge in [-0.15, -0.1) is 0 Å². The lowest BCUT2D eigenvalue weighted by Crippen LogP contribution is -2.58. The van der Waals surface area contributed by atoms with Crippen LogP contribution in [0.5, 0.6) is 0 Å². The highest BCUT2D eigenvalue weighted by Gasteiger charge is 2.75. The number of esters is 1. The van der Waals surface area contributed by atoms with Gasteiger partial charge < -0.3 is 29.5 Å². The zero-order valence-corrected chi connectivity index (χ0v) is 19.0. The quantitative estimate of drug-likeness (QED) is 0.433. The fourth-order valence-corrected chi connectivity index (χ4v) is 5.96. The summed E-state index contributed by atoms with van der Waals surface area (Å²) in [6.45, 7) is 7.72. The number of likely N-dealkylation sites (tertiary alicyclic amines) is 1. The minimum absolute atomic E-state index is 0.222. The SMILES string of the molecule is CCOC(=O)[C@@H]1[C@H]2C(=O)N([C@@H](CC)CO)C(C(=O)NCCN3CCOCC3)C23CC[C@H]1O3. The molecule has 0 aliphatic carbocycles. The average Bonchev–Trinajstić information content (AvgIpc) is 3.43. The minimum atomic E-state index is -1.05. The van der Waals surface area contributed by atoms with Crippen molar-refractivity contribution in [1.82, 2.24) is 15.1 Å². The largest absolute Gasteiger partial charge is 0.466 e. The van der Waals surface area contributed by atoms with E-state index in [1.165, 1.54) is 4.90 Å². The number of hydrogen-bond donors (Lipinski definition) is 2. The van der Waals surface area contributed by atoms with Crippen molar-refractivity contribution in [3.63, 3.8) is 0 Å². The molecular formula is C22H35N3O7. The van der Waals surface area contributed by atoms with Crippen molar-refractivity contribution in [3.05, 3.63) is 0 Å². The van der Waals surface area contributed by atoms with Gasteiger partial charge >= 0.3 is 5.97 Å². The van der Waals surface area contributed by atoms with Crippen LogP contribution < -0.4 is 5.32 Å². The molecule has 4 heterocycles. The molecule has 0 aromatic rings. The van der Waals surface area contributed by atoms with Crippen LogP contribution in [0.2, 0.25) is 0 Å². The Morgan fingerprint density at radius 3 is 2.72 bits per heavy atom. The van der Waals surface area contributed by atoms with Gasteiger partial charge in [-0.2, -0.15) is 0 Å². The van der Waals surface area contributed by atoms with Crippen molar-refractivity contribution >= 4 is 17.8 Å². The normalized spacial score (nSPS) is 35.1. The molecule has 0 radical (unpaired) electrons. The number of ether oxygens (including phenoxy) is 3. The molecule has 4 aliphatic rings. The number of carbonyl (C=O) groups excluding carboxylic acids is 3. The minimum Gasteiger partial charge on any atom is -0.466 e. The molecule has 0 aromatic heterocycles. The Labute approximate surface area is 188 Å². The Balaban J connectivity index is 1.56. The van der Waals surface area contributed by atoms with Gasteiger partial charge in [0, 0.05) is 26.2 Å². The first-order chi connectivity index (χ1) is 15.5. The number of rotatable bonds is 9. The molecule has 2 N–H and O–H groups in total. The molecule has 1 spiro atoms. The predicted molar refractivity (Wildman–Crippen MR) is 113 cm³/mol. The second-order valence-electron chi connectivity index (χ2n) is 9.04. The Morgan fingerprint density at radius 1 is 1.31 bits per heavy atom. The first kappa shape index (κ1) is 23.4. The summed E-state index contributed by atoms with van der Waals surface area (Å²) >= 11 is 0. The van der Waals surface area contributed by atoms with Gasteiger partial charge in [0.2, 0.25) is 11.8 Å². The monoisotopic (exact) mass is 453 g/mol. The van der Waals surface area contributed by atoms with Crippen LogP contribution in [0.1, 0.15) is 33.1 Å². The lowest BCUT2D eigenvalue weighted by atomic mass is 9.71. The lowest BCUT2D eigenvalue weighted by molar-refractivity contribution is -0.155. The van der Waals surface area contributed by atoms with Crippen molar-refractivity contribution < 1.29 is 33.7 Å². The second kappa shape index (κ2) is 9.62. The third-order valence-corrected chi connectivity index (χ3v) is 7.45. The number of carbonyl (C=O) groups is 3. The van der Waals surface area contributed by atoms with E-state index in [-0.39, 0.29) is 25.0 Å². The molecular weight excluding hydrogens is 418 g/mol. The Bertz CT molecular complexity index is 724. The van der Waals surface area contributed by atoms with Gasteiger partial charge in [-0.3, -0.25) is 19.3 Å². The van der Waals surface area contributed by atoms with Gasteiger partial charge in [0.25, 0.3) is 0 Å². The first-order valence-corrected chi connectivity index (χ1v) is 11.8. The summed E-state index contributed by atoms with van der Waals surface area (Å²) in [5.74, 6) is -2.48. The Kier molecular flexibility index (Phi) is 7.04.